The molecular weight excluding hydrogens is 424 g/mol. The average Bonchev–Trinajstić information content (AvgIpc) is 3.13. The molecule has 0 amide bonds. The van der Waals surface area contributed by atoms with E-state index in [1.54, 1.807) is 32.0 Å². The zero-order valence-corrected chi connectivity index (χ0v) is 18.5. The summed E-state index contributed by atoms with van der Waals surface area (Å²) >= 11 is 6.13. The highest BCUT2D eigenvalue weighted by Gasteiger charge is 2.19. The number of hydrogen-bond acceptors (Lipinski definition) is 5. The Morgan fingerprint density at radius 2 is 1.75 bits per heavy atom. The van der Waals surface area contributed by atoms with E-state index >= 15 is 0 Å². The number of fused-ring (bicyclic) bond motifs is 2. The standard InChI is InChI=1S/C25H19ClN4O2/c1-14-4-6-17(7-5-14)8-11-22-23(15(2)29-32-22)30-16(3)27-24-20(25(30)31)13-18-12-19(26)9-10-21(18)28-24/h4-13H,1-3H3/b11-8+. The lowest BCUT2D eigenvalue weighted by Crippen LogP contribution is -2.23. The van der Waals surface area contributed by atoms with Gasteiger partial charge in [0.25, 0.3) is 5.56 Å². The number of halogens is 1. The third-order valence-corrected chi connectivity index (χ3v) is 5.60. The van der Waals surface area contributed by atoms with Gasteiger partial charge in [-0.1, -0.05) is 52.7 Å². The topological polar surface area (TPSA) is 73.8 Å². The Hall–Kier alpha value is -3.77. The molecule has 0 spiro atoms. The summed E-state index contributed by atoms with van der Waals surface area (Å²) in [5, 5.41) is 5.86. The maximum atomic E-state index is 13.5. The molecule has 3 heterocycles. The van der Waals surface area contributed by atoms with Crippen molar-refractivity contribution in [2.75, 3.05) is 0 Å². The van der Waals surface area contributed by atoms with Crippen molar-refractivity contribution in [3.63, 3.8) is 0 Å². The van der Waals surface area contributed by atoms with Crippen molar-refractivity contribution in [3.8, 4) is 5.69 Å². The van der Waals surface area contributed by atoms with Crippen LogP contribution in [-0.4, -0.2) is 19.7 Å². The number of nitrogens with zero attached hydrogens (tertiary/aromatic N) is 4. The van der Waals surface area contributed by atoms with Gasteiger partial charge in [-0.15, -0.1) is 0 Å². The SMILES string of the molecule is Cc1ccc(/C=C/c2onc(C)c2-n2c(C)nc3nc4ccc(Cl)cc4cc3c2=O)cc1. The number of hydrogen-bond donors (Lipinski definition) is 0. The van der Waals surface area contributed by atoms with Crippen LogP contribution in [0.4, 0.5) is 0 Å². The van der Waals surface area contributed by atoms with Gasteiger partial charge in [0.15, 0.2) is 11.4 Å². The van der Waals surface area contributed by atoms with Crippen molar-refractivity contribution in [2.45, 2.75) is 20.8 Å². The van der Waals surface area contributed by atoms with Crippen molar-refractivity contribution >= 4 is 45.7 Å². The van der Waals surface area contributed by atoms with Crippen molar-refractivity contribution < 1.29 is 4.52 Å². The van der Waals surface area contributed by atoms with Crippen molar-refractivity contribution in [3.05, 3.63) is 92.3 Å². The van der Waals surface area contributed by atoms with Gasteiger partial charge in [0.1, 0.15) is 17.2 Å². The Balaban J connectivity index is 1.69. The smallest absolute Gasteiger partial charge is 0.267 e. The van der Waals surface area contributed by atoms with E-state index in [9.17, 15) is 4.79 Å². The molecule has 0 saturated heterocycles. The number of pyridine rings is 1. The number of benzene rings is 2. The predicted octanol–water partition coefficient (Wildman–Crippen LogP) is 5.67. The van der Waals surface area contributed by atoms with Crippen LogP contribution in [0.2, 0.25) is 5.02 Å². The number of aromatic nitrogens is 4. The molecule has 5 rings (SSSR count). The van der Waals surface area contributed by atoms with Crippen LogP contribution in [0.1, 0.15) is 28.4 Å². The van der Waals surface area contributed by atoms with Gasteiger partial charge in [0, 0.05) is 10.4 Å². The molecule has 3 aromatic heterocycles. The van der Waals surface area contributed by atoms with Crippen LogP contribution < -0.4 is 5.56 Å². The number of rotatable bonds is 3. The largest absolute Gasteiger partial charge is 0.354 e. The van der Waals surface area contributed by atoms with Crippen LogP contribution in [-0.2, 0) is 0 Å². The second kappa shape index (κ2) is 7.73. The summed E-state index contributed by atoms with van der Waals surface area (Å²) < 4.78 is 7.07. The van der Waals surface area contributed by atoms with E-state index < -0.39 is 0 Å². The maximum Gasteiger partial charge on any atom is 0.267 e. The van der Waals surface area contributed by atoms with E-state index in [-0.39, 0.29) is 5.56 Å². The molecule has 0 saturated carbocycles. The highest BCUT2D eigenvalue weighted by Crippen LogP contribution is 2.24. The first kappa shape index (κ1) is 20.2. The van der Waals surface area contributed by atoms with Crippen molar-refractivity contribution in [1.29, 1.82) is 0 Å². The third kappa shape index (κ3) is 3.48. The second-order valence-corrected chi connectivity index (χ2v) is 8.16. The monoisotopic (exact) mass is 442 g/mol. The quantitative estimate of drug-likeness (QED) is 0.336. The molecule has 0 aliphatic rings. The molecular formula is C25H19ClN4O2. The Morgan fingerprint density at radius 1 is 0.969 bits per heavy atom. The van der Waals surface area contributed by atoms with E-state index in [2.05, 4.69) is 15.1 Å². The fourth-order valence-electron chi connectivity index (χ4n) is 3.73. The lowest BCUT2D eigenvalue weighted by Gasteiger charge is -2.10. The van der Waals surface area contributed by atoms with Crippen molar-refractivity contribution in [2.24, 2.45) is 0 Å². The molecule has 158 valence electrons. The average molecular weight is 443 g/mol. The fourth-order valence-corrected chi connectivity index (χ4v) is 3.91. The highest BCUT2D eigenvalue weighted by molar-refractivity contribution is 6.31. The molecule has 7 heteroatoms. The van der Waals surface area contributed by atoms with E-state index in [0.717, 1.165) is 16.5 Å². The lowest BCUT2D eigenvalue weighted by atomic mass is 10.1. The Bertz CT molecular complexity index is 1580. The Morgan fingerprint density at radius 3 is 2.53 bits per heavy atom. The van der Waals surface area contributed by atoms with Gasteiger partial charge in [-0.3, -0.25) is 9.36 Å². The number of aryl methyl sites for hydroxylation is 3. The maximum absolute atomic E-state index is 13.5. The minimum atomic E-state index is -0.238. The molecule has 0 unspecified atom stereocenters. The van der Waals surface area contributed by atoms with E-state index in [0.29, 0.717) is 39.0 Å². The molecule has 0 aliphatic carbocycles. The van der Waals surface area contributed by atoms with E-state index in [1.165, 1.54) is 10.1 Å². The Kier molecular flexibility index (Phi) is 4.87. The predicted molar refractivity (Wildman–Crippen MR) is 127 cm³/mol. The van der Waals surface area contributed by atoms with Crippen LogP contribution in [0.5, 0.6) is 0 Å². The van der Waals surface area contributed by atoms with Gasteiger partial charge in [0.2, 0.25) is 0 Å². The van der Waals surface area contributed by atoms with Gasteiger partial charge in [-0.2, -0.15) is 0 Å². The van der Waals surface area contributed by atoms with Crippen LogP contribution >= 0.6 is 11.6 Å². The van der Waals surface area contributed by atoms with Gasteiger partial charge in [0.05, 0.1) is 10.9 Å². The molecule has 0 aliphatic heterocycles. The molecule has 0 N–H and O–H groups in total. The van der Waals surface area contributed by atoms with Gasteiger partial charge in [-0.25, -0.2) is 9.97 Å². The summed E-state index contributed by atoms with van der Waals surface area (Å²) in [6.07, 6.45) is 3.74. The van der Waals surface area contributed by atoms with E-state index in [1.807, 2.05) is 49.4 Å². The second-order valence-electron chi connectivity index (χ2n) is 7.72. The third-order valence-electron chi connectivity index (χ3n) is 5.37. The molecule has 2 aromatic carbocycles. The lowest BCUT2D eigenvalue weighted by molar-refractivity contribution is 0.408. The highest BCUT2D eigenvalue weighted by atomic mass is 35.5. The summed E-state index contributed by atoms with van der Waals surface area (Å²) in [7, 11) is 0. The summed E-state index contributed by atoms with van der Waals surface area (Å²) in [5.74, 6) is 0.978. The van der Waals surface area contributed by atoms with E-state index in [4.69, 9.17) is 16.1 Å². The minimum absolute atomic E-state index is 0.238. The van der Waals surface area contributed by atoms with Gasteiger partial charge >= 0.3 is 0 Å². The summed E-state index contributed by atoms with van der Waals surface area (Å²) in [6.45, 7) is 5.62. The minimum Gasteiger partial charge on any atom is -0.354 e. The normalized spacial score (nSPS) is 11.8. The van der Waals surface area contributed by atoms with Crippen LogP contribution in [0, 0.1) is 20.8 Å². The zero-order chi connectivity index (χ0) is 22.4. The molecule has 0 radical (unpaired) electrons. The first-order valence-electron chi connectivity index (χ1n) is 10.1. The molecule has 5 aromatic rings. The summed E-state index contributed by atoms with van der Waals surface area (Å²) in [4.78, 5) is 22.7. The van der Waals surface area contributed by atoms with Crippen LogP contribution in [0.25, 0.3) is 39.8 Å². The van der Waals surface area contributed by atoms with Gasteiger partial charge < -0.3 is 4.52 Å². The fraction of sp³-hybridized carbons (Fsp3) is 0.120. The van der Waals surface area contributed by atoms with Crippen LogP contribution in [0.3, 0.4) is 0 Å². The first-order chi connectivity index (χ1) is 15.4. The first-order valence-corrected chi connectivity index (χ1v) is 10.5. The summed E-state index contributed by atoms with van der Waals surface area (Å²) in [6, 6.07) is 15.3. The summed E-state index contributed by atoms with van der Waals surface area (Å²) in [5.41, 5.74) is 4.25. The van der Waals surface area contributed by atoms with Crippen molar-refractivity contribution in [1.82, 2.24) is 19.7 Å². The molecule has 6 nitrogen and oxygen atoms in total. The molecule has 0 atom stereocenters. The molecule has 32 heavy (non-hydrogen) atoms. The van der Waals surface area contributed by atoms with Gasteiger partial charge in [-0.05, 0) is 56.7 Å². The molecule has 0 fully saturated rings. The zero-order valence-electron chi connectivity index (χ0n) is 17.8. The van der Waals surface area contributed by atoms with Crippen LogP contribution in [0.15, 0.2) is 57.8 Å². The molecule has 0 bridgehead atoms. The Labute approximate surface area is 188 Å².